The van der Waals surface area contributed by atoms with Gasteiger partial charge in [-0.1, -0.05) is 17.7 Å². The lowest BCUT2D eigenvalue weighted by Crippen LogP contribution is -2.08. The van der Waals surface area contributed by atoms with Crippen molar-refractivity contribution in [1.29, 1.82) is 0 Å². The molecule has 3 rings (SSSR count). The Morgan fingerprint density at radius 3 is 2.94 bits per heavy atom. The molecule has 0 amide bonds. The smallest absolute Gasteiger partial charge is 0.135 e. The van der Waals surface area contributed by atoms with Crippen LogP contribution in [0.2, 0.25) is 5.15 Å². The Balaban J connectivity index is 1.79. The monoisotopic (exact) mass is 279 g/mol. The molecule has 2 aromatic heterocycles. The number of aromatic nitrogens is 2. The molecule has 0 spiro atoms. The molecular weight excluding hydrogens is 266 g/mol. The first-order valence-electron chi connectivity index (χ1n) is 6.07. The van der Waals surface area contributed by atoms with Crippen LogP contribution in [0.4, 0.5) is 5.82 Å². The minimum Gasteiger partial charge on any atom is -0.363 e. The van der Waals surface area contributed by atoms with Crippen molar-refractivity contribution in [2.45, 2.75) is 31.7 Å². The molecule has 18 heavy (non-hydrogen) atoms. The predicted octanol–water partition coefficient (Wildman–Crippen LogP) is 4.24. The molecule has 1 saturated carbocycles. The van der Waals surface area contributed by atoms with Crippen LogP contribution in [-0.2, 0) is 0 Å². The standard InChI is InChI=1S/C13H14ClN3S/c1-8(10-3-2-6-18-10)15-12-7-11(14)16-13(17-12)9-4-5-9/h2-3,6-9H,4-5H2,1H3,(H,15,16,17). The second kappa shape index (κ2) is 4.86. The summed E-state index contributed by atoms with van der Waals surface area (Å²) in [6.45, 7) is 2.12. The van der Waals surface area contributed by atoms with Gasteiger partial charge in [-0.2, -0.15) is 0 Å². The van der Waals surface area contributed by atoms with E-state index in [0.717, 1.165) is 11.6 Å². The van der Waals surface area contributed by atoms with Crippen LogP contribution in [-0.4, -0.2) is 9.97 Å². The van der Waals surface area contributed by atoms with Gasteiger partial charge in [-0.3, -0.25) is 0 Å². The zero-order valence-corrected chi connectivity index (χ0v) is 11.6. The van der Waals surface area contributed by atoms with Crippen molar-refractivity contribution in [3.8, 4) is 0 Å². The molecule has 1 N–H and O–H groups in total. The van der Waals surface area contributed by atoms with Gasteiger partial charge in [0.1, 0.15) is 16.8 Å². The summed E-state index contributed by atoms with van der Waals surface area (Å²) in [4.78, 5) is 10.1. The Bertz CT molecular complexity index is 537. The Hall–Kier alpha value is -1.13. The average molecular weight is 280 g/mol. The Kier molecular flexibility index (Phi) is 3.22. The van der Waals surface area contributed by atoms with Gasteiger partial charge in [0.2, 0.25) is 0 Å². The lowest BCUT2D eigenvalue weighted by atomic mass is 10.3. The number of rotatable bonds is 4. The van der Waals surface area contributed by atoms with Crippen molar-refractivity contribution in [1.82, 2.24) is 9.97 Å². The number of hydrogen-bond acceptors (Lipinski definition) is 4. The van der Waals surface area contributed by atoms with Gasteiger partial charge in [0.05, 0.1) is 6.04 Å². The molecule has 0 radical (unpaired) electrons. The first-order chi connectivity index (χ1) is 8.72. The second-order valence-electron chi connectivity index (χ2n) is 4.59. The van der Waals surface area contributed by atoms with Gasteiger partial charge in [0, 0.05) is 16.9 Å². The number of halogens is 1. The zero-order valence-electron chi connectivity index (χ0n) is 10.1. The molecule has 0 aromatic carbocycles. The maximum atomic E-state index is 6.04. The van der Waals surface area contributed by atoms with Gasteiger partial charge in [0.15, 0.2) is 0 Å². The molecule has 3 nitrogen and oxygen atoms in total. The molecule has 94 valence electrons. The van der Waals surface area contributed by atoms with E-state index in [9.17, 15) is 0 Å². The van der Waals surface area contributed by atoms with Crippen LogP contribution >= 0.6 is 22.9 Å². The first kappa shape index (κ1) is 11.9. The number of nitrogens with zero attached hydrogens (tertiary/aromatic N) is 2. The SMILES string of the molecule is CC(Nc1cc(Cl)nc(C2CC2)n1)c1cccs1. The minimum atomic E-state index is 0.239. The summed E-state index contributed by atoms with van der Waals surface area (Å²) in [6, 6.07) is 6.20. The molecule has 1 aliphatic carbocycles. The topological polar surface area (TPSA) is 37.8 Å². The van der Waals surface area contributed by atoms with Crippen molar-refractivity contribution in [2.75, 3.05) is 5.32 Å². The highest BCUT2D eigenvalue weighted by Gasteiger charge is 2.27. The third-order valence-corrected chi connectivity index (χ3v) is 4.24. The molecular formula is C13H14ClN3S. The van der Waals surface area contributed by atoms with Gasteiger partial charge >= 0.3 is 0 Å². The van der Waals surface area contributed by atoms with E-state index in [1.807, 2.05) is 0 Å². The highest BCUT2D eigenvalue weighted by atomic mass is 35.5. The molecule has 1 aliphatic rings. The van der Waals surface area contributed by atoms with Crippen LogP contribution in [0.1, 0.15) is 42.4 Å². The van der Waals surface area contributed by atoms with E-state index < -0.39 is 0 Å². The fraction of sp³-hybridized carbons (Fsp3) is 0.385. The predicted molar refractivity (Wildman–Crippen MR) is 75.4 cm³/mol. The fourth-order valence-corrected chi connectivity index (χ4v) is 2.79. The normalized spacial score (nSPS) is 16.6. The summed E-state index contributed by atoms with van der Waals surface area (Å²) in [5, 5.41) is 5.98. The van der Waals surface area contributed by atoms with Gasteiger partial charge in [-0.15, -0.1) is 11.3 Å². The Labute approximate surface area is 115 Å². The first-order valence-corrected chi connectivity index (χ1v) is 7.32. The largest absolute Gasteiger partial charge is 0.363 e. The average Bonchev–Trinajstić information content (AvgIpc) is 3.03. The minimum absolute atomic E-state index is 0.239. The van der Waals surface area contributed by atoms with Crippen LogP contribution in [0.3, 0.4) is 0 Å². The fourth-order valence-electron chi connectivity index (χ4n) is 1.86. The van der Waals surface area contributed by atoms with Crippen LogP contribution in [0, 0.1) is 0 Å². The number of nitrogens with one attached hydrogen (secondary N) is 1. The van der Waals surface area contributed by atoms with Crippen LogP contribution in [0.5, 0.6) is 0 Å². The third kappa shape index (κ3) is 2.65. The molecule has 2 aromatic rings. The highest BCUT2D eigenvalue weighted by Crippen LogP contribution is 2.39. The van der Waals surface area contributed by atoms with Crippen molar-refractivity contribution >= 4 is 28.8 Å². The van der Waals surface area contributed by atoms with E-state index in [1.165, 1.54) is 17.7 Å². The van der Waals surface area contributed by atoms with Crippen molar-refractivity contribution in [2.24, 2.45) is 0 Å². The molecule has 1 fully saturated rings. The van der Waals surface area contributed by atoms with E-state index in [1.54, 1.807) is 17.4 Å². The van der Waals surface area contributed by atoms with Crippen molar-refractivity contribution in [3.63, 3.8) is 0 Å². The van der Waals surface area contributed by atoms with Crippen molar-refractivity contribution < 1.29 is 0 Å². The molecule has 5 heteroatoms. The van der Waals surface area contributed by atoms with Crippen LogP contribution in [0.25, 0.3) is 0 Å². The summed E-state index contributed by atoms with van der Waals surface area (Å²) >= 11 is 7.78. The molecule has 2 heterocycles. The molecule has 0 aliphatic heterocycles. The zero-order chi connectivity index (χ0) is 12.5. The quantitative estimate of drug-likeness (QED) is 0.851. The van der Waals surface area contributed by atoms with Crippen molar-refractivity contribution in [3.05, 3.63) is 39.4 Å². The number of thiophene rings is 1. The van der Waals surface area contributed by atoms with E-state index >= 15 is 0 Å². The summed E-state index contributed by atoms with van der Waals surface area (Å²) in [5.74, 6) is 2.21. The van der Waals surface area contributed by atoms with Gasteiger partial charge in [-0.05, 0) is 31.2 Å². The van der Waals surface area contributed by atoms with Crippen LogP contribution < -0.4 is 5.32 Å². The van der Waals surface area contributed by atoms with E-state index in [4.69, 9.17) is 11.6 Å². The highest BCUT2D eigenvalue weighted by molar-refractivity contribution is 7.10. The number of hydrogen-bond donors (Lipinski definition) is 1. The Morgan fingerprint density at radius 2 is 2.28 bits per heavy atom. The summed E-state index contributed by atoms with van der Waals surface area (Å²) in [6.07, 6.45) is 2.36. The van der Waals surface area contributed by atoms with Gasteiger partial charge in [0.25, 0.3) is 0 Å². The summed E-state index contributed by atoms with van der Waals surface area (Å²) in [7, 11) is 0. The molecule has 1 atom stereocenters. The van der Waals surface area contributed by atoms with Crippen LogP contribution in [0.15, 0.2) is 23.6 Å². The lowest BCUT2D eigenvalue weighted by molar-refractivity contribution is 0.868. The molecule has 1 unspecified atom stereocenters. The molecule has 0 bridgehead atoms. The maximum absolute atomic E-state index is 6.04. The number of anilines is 1. The summed E-state index contributed by atoms with van der Waals surface area (Å²) in [5.41, 5.74) is 0. The third-order valence-electron chi connectivity index (χ3n) is 2.99. The van der Waals surface area contributed by atoms with E-state index in [-0.39, 0.29) is 6.04 Å². The lowest BCUT2D eigenvalue weighted by Gasteiger charge is -2.13. The van der Waals surface area contributed by atoms with Gasteiger partial charge < -0.3 is 5.32 Å². The van der Waals surface area contributed by atoms with E-state index in [0.29, 0.717) is 11.1 Å². The van der Waals surface area contributed by atoms with E-state index in [2.05, 4.69) is 39.7 Å². The summed E-state index contributed by atoms with van der Waals surface area (Å²) < 4.78 is 0. The molecule has 0 saturated heterocycles. The van der Waals surface area contributed by atoms with Gasteiger partial charge in [-0.25, -0.2) is 9.97 Å². The Morgan fingerprint density at radius 1 is 1.44 bits per heavy atom. The second-order valence-corrected chi connectivity index (χ2v) is 5.96. The maximum Gasteiger partial charge on any atom is 0.135 e.